The van der Waals surface area contributed by atoms with Crippen molar-refractivity contribution in [2.45, 2.75) is 138 Å². The minimum atomic E-state index is -1.17. The molecule has 5 aliphatic carbocycles. The summed E-state index contributed by atoms with van der Waals surface area (Å²) in [6.45, 7) is 19.6. The van der Waals surface area contributed by atoms with E-state index in [1.54, 1.807) is 19.9 Å². The van der Waals surface area contributed by atoms with Crippen LogP contribution >= 0.6 is 0 Å². The predicted octanol–water partition coefficient (Wildman–Crippen LogP) is 8.66. The lowest BCUT2D eigenvalue weighted by Gasteiger charge is -2.72. The third kappa shape index (κ3) is 5.33. The summed E-state index contributed by atoms with van der Waals surface area (Å²) < 4.78 is 21.9. The van der Waals surface area contributed by atoms with Crippen LogP contribution in [0.2, 0.25) is 0 Å². The van der Waals surface area contributed by atoms with Gasteiger partial charge in [-0.3, -0.25) is 14.4 Å². The Kier molecular flexibility index (Phi) is 8.78. The first kappa shape index (κ1) is 37.9. The maximum Gasteiger partial charge on any atom is 0.309 e. The first-order valence-electron chi connectivity index (χ1n) is 19.9. The van der Waals surface area contributed by atoms with Crippen molar-refractivity contribution in [2.24, 2.45) is 57.8 Å². The largest absolute Gasteiger partial charge is 0.481 e. The number of aromatic nitrogens is 4. The Hall–Kier alpha value is -3.43. The van der Waals surface area contributed by atoms with Crippen molar-refractivity contribution in [1.82, 2.24) is 19.7 Å². The molecule has 2 heterocycles. The SMILES string of the molecule is CC(C)C1=C2[C@H]3CC[C@@H]4[C@@]5(C)CC[C@H](OC(=O)CC(C)(C)C(=O)O)C(C)(C)[C@@H]5CC[C@@]4(C)[C@]3(C)CC[C@@]2(c2nnc(-c3ccc(F)cn3)n2C)CC1=O. The molecule has 0 bridgehead atoms. The molecular weight excluding hydrogens is 671 g/mol. The maximum absolute atomic E-state index is 14.2. The molecule has 2 aromatic rings. The lowest BCUT2D eigenvalue weighted by atomic mass is 9.33. The number of carboxylic acids is 1. The zero-order valence-corrected chi connectivity index (χ0v) is 33.4. The molecular formula is C43H59FN4O5. The van der Waals surface area contributed by atoms with Gasteiger partial charge in [0.2, 0.25) is 0 Å². The zero-order valence-electron chi connectivity index (χ0n) is 33.4. The van der Waals surface area contributed by atoms with E-state index in [9.17, 15) is 23.9 Å². The molecule has 0 aromatic carbocycles. The summed E-state index contributed by atoms with van der Waals surface area (Å²) >= 11 is 0. The van der Waals surface area contributed by atoms with Crippen molar-refractivity contribution in [3.63, 3.8) is 0 Å². The molecule has 9 nitrogen and oxygen atoms in total. The van der Waals surface area contributed by atoms with Crippen molar-refractivity contribution in [3.05, 3.63) is 41.1 Å². The maximum atomic E-state index is 14.2. The van der Waals surface area contributed by atoms with E-state index >= 15 is 0 Å². The number of halogens is 1. The number of aliphatic carboxylic acids is 1. The van der Waals surface area contributed by atoms with Gasteiger partial charge in [-0.15, -0.1) is 10.2 Å². The molecule has 0 saturated heterocycles. The van der Waals surface area contributed by atoms with Crippen molar-refractivity contribution in [1.29, 1.82) is 0 Å². The number of pyridine rings is 1. The number of fused-ring (bicyclic) bond motifs is 7. The van der Waals surface area contributed by atoms with Gasteiger partial charge in [-0.05, 0) is 128 Å². The Morgan fingerprint density at radius 2 is 1.70 bits per heavy atom. The highest BCUT2D eigenvalue weighted by Gasteiger charge is 2.71. The molecule has 7 rings (SSSR count). The molecule has 0 unspecified atom stereocenters. The molecule has 53 heavy (non-hydrogen) atoms. The number of Topliss-reactive ketones (excluding diaryl/α,β-unsaturated/α-hetero) is 1. The zero-order chi connectivity index (χ0) is 38.7. The number of esters is 1. The second kappa shape index (κ2) is 12.3. The van der Waals surface area contributed by atoms with Crippen LogP contribution in [0, 0.1) is 56.6 Å². The Labute approximate surface area is 314 Å². The second-order valence-electron chi connectivity index (χ2n) is 19.8. The fourth-order valence-corrected chi connectivity index (χ4v) is 13.2. The molecule has 2 aromatic heterocycles. The average Bonchev–Trinajstić information content (AvgIpc) is 3.60. The van der Waals surface area contributed by atoms with Gasteiger partial charge in [0.25, 0.3) is 0 Å². The van der Waals surface area contributed by atoms with Gasteiger partial charge in [0, 0.05) is 18.9 Å². The Balaban J connectivity index is 1.22. The number of hydrogen-bond acceptors (Lipinski definition) is 7. The van der Waals surface area contributed by atoms with Crippen molar-refractivity contribution in [3.8, 4) is 11.5 Å². The van der Waals surface area contributed by atoms with Crippen LogP contribution in [0.1, 0.15) is 132 Å². The molecule has 5 aliphatic rings. The van der Waals surface area contributed by atoms with Crippen molar-refractivity contribution in [2.75, 3.05) is 0 Å². The van der Waals surface area contributed by atoms with Crippen LogP contribution < -0.4 is 0 Å². The summed E-state index contributed by atoms with van der Waals surface area (Å²) in [6.07, 6.45) is 8.91. The van der Waals surface area contributed by atoms with Crippen LogP contribution in [0.25, 0.3) is 11.5 Å². The molecule has 4 saturated carbocycles. The third-order valence-corrected chi connectivity index (χ3v) is 16.1. The van der Waals surface area contributed by atoms with Gasteiger partial charge in [-0.2, -0.15) is 0 Å². The summed E-state index contributed by atoms with van der Waals surface area (Å²) in [6, 6.07) is 3.02. The van der Waals surface area contributed by atoms with Crippen molar-refractivity contribution >= 4 is 17.7 Å². The van der Waals surface area contributed by atoms with Crippen LogP contribution in [0.3, 0.4) is 0 Å². The first-order valence-corrected chi connectivity index (χ1v) is 19.9. The van der Waals surface area contributed by atoms with E-state index in [-0.39, 0.29) is 51.8 Å². The standard InChI is InChI=1S/C43H59FN4O5/c1-24(2)33-28(49)21-43(36-47-46-35(48(36)10)27-13-11-25(44)23-45-27)20-19-41(8)26(34(33)43)12-14-30-40(7)17-16-31(53-32(50)22-38(3,4)37(51)52)39(5,6)29(40)15-18-42(30,41)9/h11,13,23-24,26,29-31H,12,14-22H2,1-10H3,(H,51,52)/t26-,29+,30-,31+,40+,41-,42-,43-/m1/s1. The Morgan fingerprint density at radius 3 is 2.34 bits per heavy atom. The summed E-state index contributed by atoms with van der Waals surface area (Å²) in [7, 11) is 1.95. The monoisotopic (exact) mass is 730 g/mol. The number of rotatable bonds is 7. The van der Waals surface area contributed by atoms with E-state index in [0.717, 1.165) is 62.8 Å². The van der Waals surface area contributed by atoms with Crippen LogP contribution in [0.4, 0.5) is 4.39 Å². The number of hydrogen-bond donors (Lipinski definition) is 1. The van der Waals surface area contributed by atoms with Gasteiger partial charge < -0.3 is 14.4 Å². The Bertz CT molecular complexity index is 1880. The van der Waals surface area contributed by atoms with Gasteiger partial charge >= 0.3 is 11.9 Å². The summed E-state index contributed by atoms with van der Waals surface area (Å²) in [5.41, 5.74) is 0.906. The van der Waals surface area contributed by atoms with E-state index < -0.39 is 28.6 Å². The normalized spacial score (nSPS) is 36.4. The summed E-state index contributed by atoms with van der Waals surface area (Å²) in [5, 5.41) is 19.0. The molecule has 0 aliphatic heterocycles. The molecule has 8 atom stereocenters. The topological polar surface area (TPSA) is 124 Å². The van der Waals surface area contributed by atoms with Crippen molar-refractivity contribution < 1.29 is 28.6 Å². The highest BCUT2D eigenvalue weighted by Crippen LogP contribution is 2.76. The van der Waals surface area contributed by atoms with Gasteiger partial charge in [0.1, 0.15) is 23.4 Å². The molecule has 0 amide bonds. The number of carbonyl (C=O) groups excluding carboxylic acids is 2. The van der Waals surface area contributed by atoms with Crippen LogP contribution in [-0.2, 0) is 31.6 Å². The number of carboxylic acid groups (broad SMARTS) is 1. The van der Waals surface area contributed by atoms with Crippen LogP contribution in [0.15, 0.2) is 29.5 Å². The molecule has 288 valence electrons. The van der Waals surface area contributed by atoms with E-state index in [1.165, 1.54) is 17.8 Å². The lowest BCUT2D eigenvalue weighted by molar-refractivity contribution is -0.232. The highest BCUT2D eigenvalue weighted by molar-refractivity contribution is 6.01. The smallest absolute Gasteiger partial charge is 0.309 e. The molecule has 0 spiro atoms. The summed E-state index contributed by atoms with van der Waals surface area (Å²) in [5.74, 6) is 0.922. The summed E-state index contributed by atoms with van der Waals surface area (Å²) in [4.78, 5) is 43.4. The molecule has 1 N–H and O–H groups in total. The fraction of sp³-hybridized carbons (Fsp3) is 0.721. The van der Waals surface area contributed by atoms with E-state index in [2.05, 4.69) is 58.5 Å². The minimum Gasteiger partial charge on any atom is -0.481 e. The van der Waals surface area contributed by atoms with Gasteiger partial charge in [0.15, 0.2) is 11.6 Å². The third-order valence-electron chi connectivity index (χ3n) is 16.1. The van der Waals surface area contributed by atoms with Gasteiger partial charge in [0.05, 0.1) is 23.4 Å². The second-order valence-corrected chi connectivity index (χ2v) is 19.8. The first-order chi connectivity index (χ1) is 24.6. The lowest BCUT2D eigenvalue weighted by Crippen LogP contribution is -2.66. The fourth-order valence-electron chi connectivity index (χ4n) is 13.2. The average molecular weight is 731 g/mol. The number of allylic oxidation sites excluding steroid dienone is 2. The number of ketones is 1. The van der Waals surface area contributed by atoms with Gasteiger partial charge in [-0.25, -0.2) is 9.37 Å². The predicted molar refractivity (Wildman–Crippen MR) is 199 cm³/mol. The number of ether oxygens (including phenoxy) is 1. The highest BCUT2D eigenvalue weighted by atomic mass is 19.1. The van der Waals surface area contributed by atoms with Crippen LogP contribution in [0.5, 0.6) is 0 Å². The molecule has 0 radical (unpaired) electrons. The van der Waals surface area contributed by atoms with E-state index in [1.807, 2.05) is 11.6 Å². The number of nitrogens with zero attached hydrogens (tertiary/aromatic N) is 4. The minimum absolute atomic E-state index is 0.0300. The molecule has 10 heteroatoms. The molecule has 4 fully saturated rings. The quantitative estimate of drug-likeness (QED) is 0.281. The Morgan fingerprint density at radius 1 is 0.981 bits per heavy atom. The van der Waals surface area contributed by atoms with Crippen LogP contribution in [-0.4, -0.2) is 48.7 Å². The number of carbonyl (C=O) groups is 3. The van der Waals surface area contributed by atoms with E-state index in [0.29, 0.717) is 29.8 Å². The van der Waals surface area contributed by atoms with Gasteiger partial charge in [-0.1, -0.05) is 48.5 Å². The van der Waals surface area contributed by atoms with E-state index in [4.69, 9.17) is 9.84 Å².